The van der Waals surface area contributed by atoms with Gasteiger partial charge in [-0.2, -0.15) is 0 Å². The second-order valence-electron chi connectivity index (χ2n) is 3.66. The lowest BCUT2D eigenvalue weighted by Gasteiger charge is -2.21. The second-order valence-corrected chi connectivity index (χ2v) is 5.47. The standard InChI is InChI=1S/C11H17BrN2OS/c1-4-8(6-13-2)11(15)14(3)10-5-9(12)7-16-10/h5,7-8,13H,4,6H2,1-3H3. The molecule has 0 radical (unpaired) electrons. The van der Waals surface area contributed by atoms with Crippen molar-refractivity contribution in [3.63, 3.8) is 0 Å². The van der Waals surface area contributed by atoms with Gasteiger partial charge >= 0.3 is 0 Å². The summed E-state index contributed by atoms with van der Waals surface area (Å²) in [6.07, 6.45) is 0.858. The molecule has 0 saturated heterocycles. The van der Waals surface area contributed by atoms with Crippen LogP contribution in [0.3, 0.4) is 0 Å². The number of anilines is 1. The van der Waals surface area contributed by atoms with Gasteiger partial charge in [-0.05, 0) is 35.5 Å². The maximum Gasteiger partial charge on any atom is 0.231 e. The van der Waals surface area contributed by atoms with E-state index in [1.807, 2.05) is 32.5 Å². The lowest BCUT2D eigenvalue weighted by atomic mass is 10.1. The molecule has 1 atom stereocenters. The van der Waals surface area contributed by atoms with Crippen molar-refractivity contribution in [2.75, 3.05) is 25.5 Å². The van der Waals surface area contributed by atoms with Gasteiger partial charge in [0.05, 0.1) is 10.9 Å². The average molecular weight is 305 g/mol. The molecule has 16 heavy (non-hydrogen) atoms. The molecule has 90 valence electrons. The van der Waals surface area contributed by atoms with E-state index in [1.54, 1.807) is 16.2 Å². The molecule has 1 heterocycles. The first-order valence-electron chi connectivity index (χ1n) is 5.26. The summed E-state index contributed by atoms with van der Waals surface area (Å²) in [5, 5.41) is 6.02. The Hall–Kier alpha value is -0.390. The molecule has 3 nitrogen and oxygen atoms in total. The van der Waals surface area contributed by atoms with Crippen LogP contribution in [0.1, 0.15) is 13.3 Å². The van der Waals surface area contributed by atoms with Crippen molar-refractivity contribution in [3.8, 4) is 0 Å². The third-order valence-electron chi connectivity index (χ3n) is 2.51. The van der Waals surface area contributed by atoms with E-state index in [1.165, 1.54) is 0 Å². The minimum atomic E-state index is 0.0517. The van der Waals surface area contributed by atoms with E-state index in [0.29, 0.717) is 0 Å². The van der Waals surface area contributed by atoms with Gasteiger partial charge in [0.25, 0.3) is 0 Å². The highest BCUT2D eigenvalue weighted by atomic mass is 79.9. The molecule has 0 spiro atoms. The normalized spacial score (nSPS) is 12.5. The molecular weight excluding hydrogens is 288 g/mol. The third kappa shape index (κ3) is 3.30. The summed E-state index contributed by atoms with van der Waals surface area (Å²) in [5.41, 5.74) is 0. The lowest BCUT2D eigenvalue weighted by molar-refractivity contribution is -0.122. The minimum absolute atomic E-state index is 0.0517. The highest BCUT2D eigenvalue weighted by Gasteiger charge is 2.21. The van der Waals surface area contributed by atoms with Crippen molar-refractivity contribution in [2.45, 2.75) is 13.3 Å². The van der Waals surface area contributed by atoms with Gasteiger partial charge in [0, 0.05) is 23.4 Å². The summed E-state index contributed by atoms with van der Waals surface area (Å²) in [6.45, 7) is 2.77. The van der Waals surface area contributed by atoms with Gasteiger partial charge in [0.2, 0.25) is 5.91 Å². The van der Waals surface area contributed by atoms with E-state index >= 15 is 0 Å². The first-order valence-corrected chi connectivity index (χ1v) is 6.93. The van der Waals surface area contributed by atoms with Crippen LogP contribution in [0.5, 0.6) is 0 Å². The number of hydrogen-bond acceptors (Lipinski definition) is 3. The predicted octanol–water partition coefficient (Wildman–Crippen LogP) is 2.72. The fourth-order valence-corrected chi connectivity index (χ4v) is 2.91. The highest BCUT2D eigenvalue weighted by Crippen LogP contribution is 2.28. The Morgan fingerprint density at radius 2 is 2.38 bits per heavy atom. The molecule has 1 aromatic rings. The number of carbonyl (C=O) groups is 1. The summed E-state index contributed by atoms with van der Waals surface area (Å²) < 4.78 is 1.02. The van der Waals surface area contributed by atoms with Crippen molar-refractivity contribution in [2.24, 2.45) is 5.92 Å². The molecule has 0 aliphatic rings. The van der Waals surface area contributed by atoms with Gasteiger partial charge in [0.15, 0.2) is 0 Å². The number of nitrogens with zero attached hydrogens (tertiary/aromatic N) is 1. The lowest BCUT2D eigenvalue weighted by Crippen LogP contribution is -2.36. The Morgan fingerprint density at radius 1 is 1.69 bits per heavy atom. The molecule has 5 heteroatoms. The first-order chi connectivity index (χ1) is 7.60. The fourth-order valence-electron chi connectivity index (χ4n) is 1.51. The summed E-state index contributed by atoms with van der Waals surface area (Å²) in [6, 6.07) is 1.97. The van der Waals surface area contributed by atoms with Gasteiger partial charge in [0.1, 0.15) is 0 Å². The van der Waals surface area contributed by atoms with Gasteiger partial charge in [-0.25, -0.2) is 0 Å². The maximum absolute atomic E-state index is 12.2. The van der Waals surface area contributed by atoms with Crippen LogP contribution >= 0.6 is 27.3 Å². The molecule has 0 bridgehead atoms. The summed E-state index contributed by atoms with van der Waals surface area (Å²) in [7, 11) is 3.70. The van der Waals surface area contributed by atoms with Gasteiger partial charge < -0.3 is 10.2 Å². The van der Waals surface area contributed by atoms with Crippen LogP contribution in [0.25, 0.3) is 0 Å². The van der Waals surface area contributed by atoms with Gasteiger partial charge in [-0.1, -0.05) is 6.92 Å². The Balaban J connectivity index is 2.72. The molecule has 1 aromatic heterocycles. The van der Waals surface area contributed by atoms with Crippen LogP contribution in [0.15, 0.2) is 15.9 Å². The summed E-state index contributed by atoms with van der Waals surface area (Å²) in [5.74, 6) is 0.224. The topological polar surface area (TPSA) is 32.3 Å². The van der Waals surface area contributed by atoms with Crippen molar-refractivity contribution >= 4 is 38.2 Å². The van der Waals surface area contributed by atoms with Gasteiger partial charge in [-0.3, -0.25) is 4.79 Å². The first kappa shape index (κ1) is 13.7. The van der Waals surface area contributed by atoms with E-state index in [2.05, 4.69) is 21.2 Å². The van der Waals surface area contributed by atoms with E-state index in [-0.39, 0.29) is 11.8 Å². The van der Waals surface area contributed by atoms with Crippen LogP contribution in [0, 0.1) is 5.92 Å². The van der Waals surface area contributed by atoms with Crippen LogP contribution in [0.2, 0.25) is 0 Å². The van der Waals surface area contributed by atoms with Crippen LogP contribution in [-0.4, -0.2) is 26.5 Å². The molecule has 0 fully saturated rings. The Morgan fingerprint density at radius 3 is 2.81 bits per heavy atom. The number of carbonyl (C=O) groups excluding carboxylic acids is 1. The second kappa shape index (κ2) is 6.37. The van der Waals surface area contributed by atoms with E-state index in [4.69, 9.17) is 0 Å². The fraction of sp³-hybridized carbons (Fsp3) is 0.545. The molecule has 0 aliphatic heterocycles. The predicted molar refractivity (Wildman–Crippen MR) is 73.1 cm³/mol. The van der Waals surface area contributed by atoms with E-state index in [0.717, 1.165) is 22.4 Å². The van der Waals surface area contributed by atoms with E-state index in [9.17, 15) is 4.79 Å². The van der Waals surface area contributed by atoms with Crippen molar-refractivity contribution < 1.29 is 4.79 Å². The number of hydrogen-bond donors (Lipinski definition) is 1. The highest BCUT2D eigenvalue weighted by molar-refractivity contribution is 9.10. The Bertz CT molecular complexity index is 354. The number of rotatable bonds is 5. The number of nitrogens with one attached hydrogen (secondary N) is 1. The molecule has 0 aliphatic carbocycles. The zero-order valence-corrected chi connectivity index (χ0v) is 12.2. The minimum Gasteiger partial charge on any atom is -0.319 e. The van der Waals surface area contributed by atoms with Crippen molar-refractivity contribution in [1.82, 2.24) is 5.32 Å². The zero-order valence-electron chi connectivity index (χ0n) is 9.79. The number of halogens is 1. The number of amides is 1. The Kier molecular flexibility index (Phi) is 5.44. The molecule has 1 unspecified atom stereocenters. The smallest absolute Gasteiger partial charge is 0.231 e. The van der Waals surface area contributed by atoms with Crippen LogP contribution in [-0.2, 0) is 4.79 Å². The van der Waals surface area contributed by atoms with E-state index < -0.39 is 0 Å². The monoisotopic (exact) mass is 304 g/mol. The quantitative estimate of drug-likeness (QED) is 0.907. The molecule has 0 saturated carbocycles. The summed E-state index contributed by atoms with van der Waals surface area (Å²) in [4.78, 5) is 13.9. The average Bonchev–Trinajstić information content (AvgIpc) is 2.70. The van der Waals surface area contributed by atoms with Crippen LogP contribution in [0.4, 0.5) is 5.00 Å². The SMILES string of the molecule is CCC(CNC)C(=O)N(C)c1cc(Br)cs1. The van der Waals surface area contributed by atoms with Crippen molar-refractivity contribution in [1.29, 1.82) is 0 Å². The third-order valence-corrected chi connectivity index (χ3v) is 4.27. The molecule has 1 amide bonds. The maximum atomic E-state index is 12.2. The zero-order chi connectivity index (χ0) is 12.1. The van der Waals surface area contributed by atoms with Crippen LogP contribution < -0.4 is 10.2 Å². The number of thiophene rings is 1. The Labute approximate surface area is 109 Å². The molecule has 1 N–H and O–H groups in total. The molecular formula is C11H17BrN2OS. The van der Waals surface area contributed by atoms with Crippen molar-refractivity contribution in [3.05, 3.63) is 15.9 Å². The summed E-state index contributed by atoms with van der Waals surface area (Å²) >= 11 is 4.96. The molecule has 0 aromatic carbocycles. The largest absolute Gasteiger partial charge is 0.319 e. The van der Waals surface area contributed by atoms with Gasteiger partial charge in [-0.15, -0.1) is 11.3 Å². The molecule has 1 rings (SSSR count).